The Kier molecular flexibility index (Phi) is 6.99. The third kappa shape index (κ3) is 5.21. The number of carbonyl (C=O) groups excluding carboxylic acids is 2. The molecule has 0 bridgehead atoms. The number of nitro benzene ring substituents is 1. The Morgan fingerprint density at radius 2 is 1.75 bits per heavy atom. The maximum absolute atomic E-state index is 12.7. The van der Waals surface area contributed by atoms with E-state index in [0.29, 0.717) is 10.7 Å². The Morgan fingerprint density at radius 1 is 1.07 bits per heavy atom. The summed E-state index contributed by atoms with van der Waals surface area (Å²) in [5.74, 6) is -1.24. The third-order valence-corrected chi connectivity index (χ3v) is 4.80. The first kappa shape index (κ1) is 21.7. The van der Waals surface area contributed by atoms with Crippen LogP contribution in [0, 0.1) is 23.0 Å². The fourth-order valence-corrected chi connectivity index (χ4v) is 2.89. The van der Waals surface area contributed by atoms with Crippen LogP contribution >= 0.6 is 23.2 Å². The predicted octanol–water partition coefficient (Wildman–Crippen LogP) is 4.60. The van der Waals surface area contributed by atoms with Crippen molar-refractivity contribution >= 4 is 46.4 Å². The van der Waals surface area contributed by atoms with Gasteiger partial charge in [0.1, 0.15) is 6.04 Å². The summed E-state index contributed by atoms with van der Waals surface area (Å²) in [7, 11) is 0. The Balaban J connectivity index is 2.17. The maximum atomic E-state index is 12.7. The number of amides is 2. The minimum atomic E-state index is -0.848. The molecule has 0 aliphatic carbocycles. The van der Waals surface area contributed by atoms with Crippen molar-refractivity contribution in [2.45, 2.75) is 26.8 Å². The first-order valence-electron chi connectivity index (χ1n) is 8.42. The summed E-state index contributed by atoms with van der Waals surface area (Å²) in [5.41, 5.74) is 1.20. The zero-order valence-electron chi connectivity index (χ0n) is 15.5. The van der Waals surface area contributed by atoms with Crippen LogP contribution < -0.4 is 10.6 Å². The molecule has 2 aromatic rings. The van der Waals surface area contributed by atoms with Gasteiger partial charge in [-0.3, -0.25) is 19.7 Å². The van der Waals surface area contributed by atoms with Gasteiger partial charge in [-0.25, -0.2) is 0 Å². The number of nitrogens with one attached hydrogen (secondary N) is 2. The van der Waals surface area contributed by atoms with Gasteiger partial charge in [-0.05, 0) is 36.6 Å². The normalized spacial score (nSPS) is 11.8. The molecule has 0 aromatic heterocycles. The molecular weight excluding hydrogens is 405 g/mol. The van der Waals surface area contributed by atoms with E-state index in [1.54, 1.807) is 32.0 Å². The number of aryl methyl sites for hydroxylation is 1. The van der Waals surface area contributed by atoms with Crippen molar-refractivity contribution in [3.8, 4) is 0 Å². The number of non-ortho nitro benzene ring substituents is 1. The van der Waals surface area contributed by atoms with E-state index in [1.165, 1.54) is 12.1 Å². The molecule has 2 rings (SSSR count). The summed E-state index contributed by atoms with van der Waals surface area (Å²) in [6.07, 6.45) is 0. The molecule has 2 amide bonds. The Labute approximate surface area is 172 Å². The van der Waals surface area contributed by atoms with E-state index in [9.17, 15) is 19.7 Å². The van der Waals surface area contributed by atoms with E-state index in [2.05, 4.69) is 10.6 Å². The molecule has 0 heterocycles. The van der Waals surface area contributed by atoms with Crippen molar-refractivity contribution in [3.05, 3.63) is 67.7 Å². The average Bonchev–Trinajstić information content (AvgIpc) is 2.62. The van der Waals surface area contributed by atoms with Crippen molar-refractivity contribution < 1.29 is 14.5 Å². The van der Waals surface area contributed by atoms with Gasteiger partial charge >= 0.3 is 0 Å². The molecule has 0 spiro atoms. The molecule has 7 nitrogen and oxygen atoms in total. The van der Waals surface area contributed by atoms with Crippen molar-refractivity contribution in [1.29, 1.82) is 0 Å². The van der Waals surface area contributed by atoms with Crippen LogP contribution in [0.2, 0.25) is 10.0 Å². The van der Waals surface area contributed by atoms with Crippen LogP contribution in [0.3, 0.4) is 0 Å². The first-order valence-corrected chi connectivity index (χ1v) is 9.17. The molecule has 0 saturated heterocycles. The van der Waals surface area contributed by atoms with Gasteiger partial charge in [-0.1, -0.05) is 43.1 Å². The zero-order valence-corrected chi connectivity index (χ0v) is 17.0. The smallest absolute Gasteiger partial charge is 0.270 e. The molecule has 9 heteroatoms. The first-order chi connectivity index (χ1) is 13.1. The monoisotopic (exact) mass is 423 g/mol. The molecule has 148 valence electrons. The standard InChI is InChI=1S/C19H19Cl2N3O4/c1-10(2)17(19(26)22-12-5-4-11(3)15(20)8-12)23-18(25)14-7-6-13(24(27)28)9-16(14)21/h4-10,17H,1-3H3,(H,22,26)(H,23,25). The third-order valence-electron chi connectivity index (χ3n) is 4.08. The van der Waals surface area contributed by atoms with E-state index in [0.717, 1.165) is 11.6 Å². The molecule has 0 aliphatic heterocycles. The number of benzene rings is 2. The molecular formula is C19H19Cl2N3O4. The van der Waals surface area contributed by atoms with Gasteiger partial charge in [-0.15, -0.1) is 0 Å². The van der Waals surface area contributed by atoms with Crippen LogP contribution in [0.25, 0.3) is 0 Å². The number of halogens is 2. The van der Waals surface area contributed by atoms with Gasteiger partial charge in [0.25, 0.3) is 11.6 Å². The van der Waals surface area contributed by atoms with Crippen LogP contribution in [0.5, 0.6) is 0 Å². The summed E-state index contributed by atoms with van der Waals surface area (Å²) < 4.78 is 0. The van der Waals surface area contributed by atoms with Gasteiger partial charge < -0.3 is 10.6 Å². The number of nitro groups is 1. The lowest BCUT2D eigenvalue weighted by Crippen LogP contribution is -2.47. The number of anilines is 1. The molecule has 0 fully saturated rings. The second-order valence-corrected chi connectivity index (χ2v) is 7.38. The second-order valence-electron chi connectivity index (χ2n) is 6.57. The fraction of sp³-hybridized carbons (Fsp3) is 0.263. The highest BCUT2D eigenvalue weighted by Crippen LogP contribution is 2.23. The molecule has 2 aromatic carbocycles. The van der Waals surface area contributed by atoms with Crippen LogP contribution in [-0.2, 0) is 4.79 Å². The van der Waals surface area contributed by atoms with Gasteiger partial charge in [0.15, 0.2) is 0 Å². The van der Waals surface area contributed by atoms with Gasteiger partial charge in [0.05, 0.1) is 15.5 Å². The molecule has 0 saturated carbocycles. The minimum Gasteiger partial charge on any atom is -0.340 e. The summed E-state index contributed by atoms with van der Waals surface area (Å²) in [6.45, 7) is 5.41. The molecule has 1 atom stereocenters. The fourth-order valence-electron chi connectivity index (χ4n) is 2.45. The summed E-state index contributed by atoms with van der Waals surface area (Å²) in [6, 6.07) is 7.79. The Morgan fingerprint density at radius 3 is 2.29 bits per heavy atom. The zero-order chi connectivity index (χ0) is 21.0. The van der Waals surface area contributed by atoms with Crippen LogP contribution in [0.1, 0.15) is 29.8 Å². The topological polar surface area (TPSA) is 101 Å². The lowest BCUT2D eigenvalue weighted by molar-refractivity contribution is -0.384. The van der Waals surface area contributed by atoms with E-state index in [-0.39, 0.29) is 22.2 Å². The highest BCUT2D eigenvalue weighted by Gasteiger charge is 2.26. The Hall–Kier alpha value is -2.64. The largest absolute Gasteiger partial charge is 0.340 e. The van der Waals surface area contributed by atoms with Crippen LogP contribution in [-0.4, -0.2) is 22.8 Å². The van der Waals surface area contributed by atoms with Gasteiger partial charge in [0, 0.05) is 22.8 Å². The highest BCUT2D eigenvalue weighted by atomic mass is 35.5. The molecule has 1 unspecified atom stereocenters. The van der Waals surface area contributed by atoms with E-state index < -0.39 is 22.8 Å². The quantitative estimate of drug-likeness (QED) is 0.523. The highest BCUT2D eigenvalue weighted by molar-refractivity contribution is 6.34. The molecule has 0 radical (unpaired) electrons. The van der Waals surface area contributed by atoms with Gasteiger partial charge in [-0.2, -0.15) is 0 Å². The number of rotatable bonds is 6. The van der Waals surface area contributed by atoms with Crippen molar-refractivity contribution in [2.75, 3.05) is 5.32 Å². The number of hydrogen-bond acceptors (Lipinski definition) is 4. The summed E-state index contributed by atoms with van der Waals surface area (Å²) in [5, 5.41) is 16.6. The van der Waals surface area contributed by atoms with E-state index in [4.69, 9.17) is 23.2 Å². The maximum Gasteiger partial charge on any atom is 0.270 e. The molecule has 2 N–H and O–H groups in total. The predicted molar refractivity (Wildman–Crippen MR) is 109 cm³/mol. The number of hydrogen-bond donors (Lipinski definition) is 2. The van der Waals surface area contributed by atoms with Crippen molar-refractivity contribution in [3.63, 3.8) is 0 Å². The second kappa shape index (κ2) is 9.03. The molecule has 0 aliphatic rings. The minimum absolute atomic E-state index is 0.0455. The van der Waals surface area contributed by atoms with E-state index in [1.807, 2.05) is 6.92 Å². The number of nitrogens with zero attached hydrogens (tertiary/aromatic N) is 1. The van der Waals surface area contributed by atoms with Crippen molar-refractivity contribution in [2.24, 2.45) is 5.92 Å². The Bertz CT molecular complexity index is 931. The lowest BCUT2D eigenvalue weighted by Gasteiger charge is -2.22. The number of carbonyl (C=O) groups is 2. The van der Waals surface area contributed by atoms with Gasteiger partial charge in [0.2, 0.25) is 5.91 Å². The summed E-state index contributed by atoms with van der Waals surface area (Å²) >= 11 is 12.1. The SMILES string of the molecule is Cc1ccc(NC(=O)C(NC(=O)c2ccc([N+](=O)[O-])cc2Cl)C(C)C)cc1Cl. The lowest BCUT2D eigenvalue weighted by atomic mass is 10.0. The van der Waals surface area contributed by atoms with Crippen LogP contribution in [0.4, 0.5) is 11.4 Å². The molecule has 28 heavy (non-hydrogen) atoms. The van der Waals surface area contributed by atoms with E-state index >= 15 is 0 Å². The van der Waals surface area contributed by atoms with Crippen LogP contribution in [0.15, 0.2) is 36.4 Å². The average molecular weight is 424 g/mol. The van der Waals surface area contributed by atoms with Crippen molar-refractivity contribution in [1.82, 2.24) is 5.32 Å². The summed E-state index contributed by atoms with van der Waals surface area (Å²) in [4.78, 5) is 35.4.